The van der Waals surface area contributed by atoms with E-state index in [0.717, 1.165) is 18.2 Å². The van der Waals surface area contributed by atoms with Gasteiger partial charge in [0.05, 0.1) is 22.7 Å². The van der Waals surface area contributed by atoms with Crippen LogP contribution in [0, 0.1) is 28.4 Å². The molecule has 4 rings (SSSR count). The molecule has 1 aliphatic heterocycles. The monoisotopic (exact) mass is 419 g/mol. The minimum atomic E-state index is -0.851. The van der Waals surface area contributed by atoms with Gasteiger partial charge in [-0.15, -0.1) is 0 Å². The maximum Gasteiger partial charge on any atom is 0.256 e. The molecule has 0 N–H and O–H groups in total. The first-order chi connectivity index (χ1) is 15.0. The summed E-state index contributed by atoms with van der Waals surface area (Å²) in [4.78, 5) is 27.3. The molecule has 31 heavy (non-hydrogen) atoms. The van der Waals surface area contributed by atoms with E-state index in [1.54, 1.807) is 35.5 Å². The number of aromatic nitrogens is 3. The summed E-state index contributed by atoms with van der Waals surface area (Å²) >= 11 is 0. The molecule has 1 saturated heterocycles. The molecule has 1 aromatic carbocycles. The van der Waals surface area contributed by atoms with Gasteiger partial charge in [0.15, 0.2) is 0 Å². The van der Waals surface area contributed by atoms with Crippen LogP contribution in [0.3, 0.4) is 0 Å². The van der Waals surface area contributed by atoms with E-state index in [9.17, 15) is 18.8 Å². The number of benzene rings is 1. The number of hydrogen-bond donors (Lipinski definition) is 0. The predicted octanol–water partition coefficient (Wildman–Crippen LogP) is 3.81. The molecular weight excluding hydrogens is 400 g/mol. The Hall–Kier alpha value is -3.73. The summed E-state index contributed by atoms with van der Waals surface area (Å²) in [5.74, 6) is -1.27. The normalized spacial score (nSPS) is 15.3. The van der Waals surface area contributed by atoms with Gasteiger partial charge in [-0.25, -0.2) is 18.7 Å². The summed E-state index contributed by atoms with van der Waals surface area (Å²) < 4.78 is 27.7. The number of rotatable bonds is 4. The lowest BCUT2D eigenvalue weighted by molar-refractivity contribution is 0.0646. The maximum absolute atomic E-state index is 14.1. The summed E-state index contributed by atoms with van der Waals surface area (Å²) in [6.07, 6.45) is 5.42. The highest BCUT2D eigenvalue weighted by atomic mass is 19.1. The van der Waals surface area contributed by atoms with Gasteiger partial charge in [0, 0.05) is 25.5 Å². The lowest BCUT2D eigenvalue weighted by Crippen LogP contribution is -2.43. The van der Waals surface area contributed by atoms with E-state index in [1.807, 2.05) is 0 Å². The second-order valence-electron chi connectivity index (χ2n) is 7.59. The molecular formula is C23H19F2N5O. The number of amides is 1. The van der Waals surface area contributed by atoms with Gasteiger partial charge < -0.3 is 4.90 Å². The van der Waals surface area contributed by atoms with Crippen LogP contribution in [-0.4, -0.2) is 38.8 Å². The Morgan fingerprint density at radius 1 is 1.13 bits per heavy atom. The standard InChI is InChI=1S/C23H19F2N5O/c24-17-3-4-19(25)16(12-17)13-23(14-26)6-10-30(11-7-23)22(31)18-2-1-8-28-21(18)20-5-9-27-15-29-20/h1-5,8-9,12,15H,6-7,10-11,13H2. The van der Waals surface area contributed by atoms with Crippen molar-refractivity contribution in [1.29, 1.82) is 5.26 Å². The summed E-state index contributed by atoms with van der Waals surface area (Å²) in [5, 5.41) is 9.80. The first-order valence-corrected chi connectivity index (χ1v) is 9.87. The SMILES string of the molecule is N#CC1(Cc2cc(F)ccc2F)CCN(C(=O)c2cccnc2-c2ccncn2)CC1. The minimum absolute atomic E-state index is 0.105. The Labute approximate surface area is 178 Å². The zero-order valence-electron chi connectivity index (χ0n) is 16.6. The minimum Gasteiger partial charge on any atom is -0.338 e. The first-order valence-electron chi connectivity index (χ1n) is 9.87. The van der Waals surface area contributed by atoms with E-state index < -0.39 is 17.0 Å². The summed E-state index contributed by atoms with van der Waals surface area (Å²) in [5.41, 5.74) is 0.759. The van der Waals surface area contributed by atoms with Gasteiger partial charge in [-0.1, -0.05) is 0 Å². The van der Waals surface area contributed by atoms with Crippen molar-refractivity contribution in [2.45, 2.75) is 19.3 Å². The van der Waals surface area contributed by atoms with Gasteiger partial charge in [-0.05, 0) is 61.2 Å². The van der Waals surface area contributed by atoms with Crippen LogP contribution in [-0.2, 0) is 6.42 Å². The zero-order valence-corrected chi connectivity index (χ0v) is 16.6. The van der Waals surface area contributed by atoms with Crippen molar-refractivity contribution >= 4 is 5.91 Å². The molecule has 1 amide bonds. The van der Waals surface area contributed by atoms with Crippen molar-refractivity contribution in [3.63, 3.8) is 0 Å². The van der Waals surface area contributed by atoms with Crippen LogP contribution in [0.25, 0.3) is 11.4 Å². The average molecular weight is 419 g/mol. The molecule has 1 aliphatic rings. The quantitative estimate of drug-likeness (QED) is 0.642. The predicted molar refractivity (Wildman–Crippen MR) is 109 cm³/mol. The first kappa shape index (κ1) is 20.5. The third kappa shape index (κ3) is 4.26. The average Bonchev–Trinajstić information content (AvgIpc) is 2.82. The van der Waals surface area contributed by atoms with E-state index in [4.69, 9.17) is 0 Å². The van der Waals surface area contributed by atoms with E-state index in [-0.39, 0.29) is 17.9 Å². The number of nitrogens with zero attached hydrogens (tertiary/aromatic N) is 5. The molecule has 3 heterocycles. The second kappa shape index (κ2) is 8.56. The van der Waals surface area contributed by atoms with Crippen LogP contribution in [0.4, 0.5) is 8.78 Å². The fourth-order valence-electron chi connectivity index (χ4n) is 3.89. The van der Waals surface area contributed by atoms with Crippen LogP contribution in [0.15, 0.2) is 55.1 Å². The van der Waals surface area contributed by atoms with Gasteiger partial charge >= 0.3 is 0 Å². The third-order valence-electron chi connectivity index (χ3n) is 5.64. The second-order valence-corrected chi connectivity index (χ2v) is 7.59. The highest BCUT2D eigenvalue weighted by Crippen LogP contribution is 2.36. The number of halogens is 2. The van der Waals surface area contributed by atoms with Crippen LogP contribution >= 0.6 is 0 Å². The van der Waals surface area contributed by atoms with Gasteiger partial charge in [0.1, 0.15) is 23.7 Å². The fraction of sp³-hybridized carbons (Fsp3) is 0.261. The molecule has 0 radical (unpaired) electrons. The van der Waals surface area contributed by atoms with E-state index in [2.05, 4.69) is 21.0 Å². The molecule has 0 unspecified atom stereocenters. The van der Waals surface area contributed by atoms with Crippen molar-refractivity contribution in [2.75, 3.05) is 13.1 Å². The van der Waals surface area contributed by atoms with Crippen LogP contribution < -0.4 is 0 Å². The number of likely N-dealkylation sites (tertiary alicyclic amines) is 1. The van der Waals surface area contributed by atoms with E-state index >= 15 is 0 Å². The van der Waals surface area contributed by atoms with Crippen LogP contribution in [0.2, 0.25) is 0 Å². The summed E-state index contributed by atoms with van der Waals surface area (Å²) in [6.45, 7) is 0.670. The van der Waals surface area contributed by atoms with Crippen molar-refractivity contribution < 1.29 is 13.6 Å². The molecule has 2 aromatic heterocycles. The molecule has 6 nitrogen and oxygen atoms in total. The largest absolute Gasteiger partial charge is 0.338 e. The highest BCUT2D eigenvalue weighted by molar-refractivity contribution is 5.99. The fourth-order valence-corrected chi connectivity index (χ4v) is 3.89. The molecule has 156 valence electrons. The number of carbonyl (C=O) groups excluding carboxylic acids is 1. The topological polar surface area (TPSA) is 82.8 Å². The van der Waals surface area contributed by atoms with Crippen molar-refractivity contribution in [1.82, 2.24) is 19.9 Å². The van der Waals surface area contributed by atoms with Gasteiger partial charge in [-0.2, -0.15) is 5.26 Å². The Bertz CT molecular complexity index is 1140. The molecule has 0 bridgehead atoms. The van der Waals surface area contributed by atoms with Crippen molar-refractivity contribution in [2.24, 2.45) is 5.41 Å². The summed E-state index contributed by atoms with van der Waals surface area (Å²) in [7, 11) is 0. The Kier molecular flexibility index (Phi) is 5.67. The Balaban J connectivity index is 1.52. The van der Waals surface area contributed by atoms with Gasteiger partial charge in [-0.3, -0.25) is 9.78 Å². The Morgan fingerprint density at radius 2 is 1.94 bits per heavy atom. The van der Waals surface area contributed by atoms with Crippen LogP contribution in [0.5, 0.6) is 0 Å². The molecule has 0 aliphatic carbocycles. The number of piperidine rings is 1. The van der Waals surface area contributed by atoms with Gasteiger partial charge in [0.2, 0.25) is 0 Å². The number of nitriles is 1. The van der Waals surface area contributed by atoms with Crippen molar-refractivity contribution in [3.05, 3.63) is 77.9 Å². The smallest absolute Gasteiger partial charge is 0.256 e. The molecule has 0 atom stereocenters. The maximum atomic E-state index is 14.1. The molecule has 0 saturated carbocycles. The Morgan fingerprint density at radius 3 is 2.65 bits per heavy atom. The lowest BCUT2D eigenvalue weighted by atomic mass is 9.75. The number of pyridine rings is 1. The molecule has 0 spiro atoms. The molecule has 8 heteroatoms. The van der Waals surface area contributed by atoms with Crippen molar-refractivity contribution in [3.8, 4) is 17.5 Å². The van der Waals surface area contributed by atoms with Gasteiger partial charge in [0.25, 0.3) is 5.91 Å². The van der Waals surface area contributed by atoms with E-state index in [0.29, 0.717) is 42.9 Å². The zero-order chi connectivity index (χ0) is 21.8. The highest BCUT2D eigenvalue weighted by Gasteiger charge is 2.37. The lowest BCUT2D eigenvalue weighted by Gasteiger charge is -2.37. The van der Waals surface area contributed by atoms with E-state index in [1.165, 1.54) is 6.33 Å². The number of carbonyl (C=O) groups is 1. The van der Waals surface area contributed by atoms with Crippen LogP contribution in [0.1, 0.15) is 28.8 Å². The molecule has 3 aromatic rings. The molecule has 1 fully saturated rings. The third-order valence-corrected chi connectivity index (χ3v) is 5.64. The summed E-state index contributed by atoms with van der Waals surface area (Å²) in [6, 6.07) is 10.6. The number of hydrogen-bond acceptors (Lipinski definition) is 5.